The van der Waals surface area contributed by atoms with Crippen LogP contribution in [0.1, 0.15) is 42.8 Å². The maximum absolute atomic E-state index is 12.9. The SMILES string of the molecule is CCCc1nc(-c2nc(O)c3c(n2)NC(=O)C3(C)c2ccc(C(F)(F)F)cn2)cn2ncnc12. The number of aromatic hydroxyl groups is 1. The van der Waals surface area contributed by atoms with Crippen molar-refractivity contribution in [3.05, 3.63) is 53.4 Å². The molecule has 5 heterocycles. The second-order valence-electron chi connectivity index (χ2n) is 7.95. The Labute approximate surface area is 190 Å². The van der Waals surface area contributed by atoms with Gasteiger partial charge in [0.1, 0.15) is 23.3 Å². The lowest BCUT2D eigenvalue weighted by atomic mass is 9.81. The van der Waals surface area contributed by atoms with Crippen molar-refractivity contribution < 1.29 is 23.1 Å². The van der Waals surface area contributed by atoms with E-state index in [9.17, 15) is 23.1 Å². The van der Waals surface area contributed by atoms with E-state index in [1.807, 2.05) is 6.92 Å². The Balaban J connectivity index is 1.61. The summed E-state index contributed by atoms with van der Waals surface area (Å²) in [5.74, 6) is -1.06. The molecule has 0 bridgehead atoms. The lowest BCUT2D eigenvalue weighted by molar-refractivity contribution is -0.137. The van der Waals surface area contributed by atoms with E-state index in [1.165, 1.54) is 17.8 Å². The van der Waals surface area contributed by atoms with Crippen LogP contribution in [-0.4, -0.2) is 45.5 Å². The fourth-order valence-electron chi connectivity index (χ4n) is 3.97. The quantitative estimate of drug-likeness (QED) is 0.466. The minimum Gasteiger partial charge on any atom is -0.493 e. The smallest absolute Gasteiger partial charge is 0.417 e. The first-order valence-corrected chi connectivity index (χ1v) is 10.3. The Morgan fingerprint density at radius 1 is 1.18 bits per heavy atom. The number of amides is 1. The van der Waals surface area contributed by atoms with Crippen LogP contribution in [0.15, 0.2) is 30.9 Å². The van der Waals surface area contributed by atoms with E-state index >= 15 is 0 Å². The van der Waals surface area contributed by atoms with Crippen LogP contribution in [0, 0.1) is 0 Å². The van der Waals surface area contributed by atoms with Gasteiger partial charge in [0, 0.05) is 6.20 Å². The molecule has 34 heavy (non-hydrogen) atoms. The monoisotopic (exact) mass is 470 g/mol. The number of pyridine rings is 1. The van der Waals surface area contributed by atoms with E-state index < -0.39 is 28.9 Å². The standard InChI is InChI=1S/C21H17F3N8O2/c1-3-4-11-17-26-9-27-32(17)8-12(28-11)15-29-16-14(18(33)30-15)20(2,19(34)31-16)13-6-5-10(7-25-13)21(22,23)24/h5-9H,3-4H2,1-2H3,(H2,29,30,31,33,34). The van der Waals surface area contributed by atoms with Crippen molar-refractivity contribution in [2.45, 2.75) is 38.3 Å². The van der Waals surface area contributed by atoms with Crippen molar-refractivity contribution in [1.82, 2.24) is 34.5 Å². The molecule has 13 heteroatoms. The molecular weight excluding hydrogens is 453 g/mol. The summed E-state index contributed by atoms with van der Waals surface area (Å²) in [6.07, 6.45) is 0.451. The summed E-state index contributed by atoms with van der Waals surface area (Å²) in [7, 11) is 0. The predicted molar refractivity (Wildman–Crippen MR) is 112 cm³/mol. The van der Waals surface area contributed by atoms with Gasteiger partial charge in [-0.05, 0) is 25.5 Å². The summed E-state index contributed by atoms with van der Waals surface area (Å²) in [6, 6.07) is 1.93. The molecule has 1 unspecified atom stereocenters. The third kappa shape index (κ3) is 3.23. The molecule has 2 N–H and O–H groups in total. The normalized spacial score (nSPS) is 17.7. The fraction of sp³-hybridized carbons (Fsp3) is 0.286. The number of halogens is 3. The van der Waals surface area contributed by atoms with Crippen molar-refractivity contribution in [2.24, 2.45) is 0 Å². The van der Waals surface area contributed by atoms with Gasteiger partial charge in [0.15, 0.2) is 11.5 Å². The third-order valence-electron chi connectivity index (χ3n) is 5.73. The predicted octanol–water partition coefficient (Wildman–Crippen LogP) is 2.91. The molecular formula is C21H17F3N8O2. The van der Waals surface area contributed by atoms with Crippen LogP contribution in [0.25, 0.3) is 17.2 Å². The first-order chi connectivity index (χ1) is 16.1. The van der Waals surface area contributed by atoms with Gasteiger partial charge in [-0.25, -0.2) is 19.5 Å². The molecule has 4 aromatic heterocycles. The van der Waals surface area contributed by atoms with Crippen LogP contribution < -0.4 is 5.32 Å². The number of hydrogen-bond donors (Lipinski definition) is 2. The highest BCUT2D eigenvalue weighted by molar-refractivity contribution is 6.08. The van der Waals surface area contributed by atoms with Crippen molar-refractivity contribution in [2.75, 3.05) is 5.32 Å². The Morgan fingerprint density at radius 3 is 2.65 bits per heavy atom. The number of nitrogens with one attached hydrogen (secondary N) is 1. The lowest BCUT2D eigenvalue weighted by Crippen LogP contribution is -2.33. The lowest BCUT2D eigenvalue weighted by Gasteiger charge is -2.22. The molecule has 174 valence electrons. The number of nitrogens with zero attached hydrogens (tertiary/aromatic N) is 7. The number of aryl methyl sites for hydroxylation is 1. The largest absolute Gasteiger partial charge is 0.493 e. The van der Waals surface area contributed by atoms with Crippen molar-refractivity contribution >= 4 is 17.4 Å². The first kappa shape index (κ1) is 21.7. The number of fused-ring (bicyclic) bond motifs is 2. The highest BCUT2D eigenvalue weighted by atomic mass is 19.4. The van der Waals surface area contributed by atoms with Gasteiger partial charge in [-0.3, -0.25) is 9.78 Å². The van der Waals surface area contributed by atoms with Crippen molar-refractivity contribution in [1.29, 1.82) is 0 Å². The molecule has 1 aliphatic rings. The van der Waals surface area contributed by atoms with Gasteiger partial charge in [0.2, 0.25) is 11.8 Å². The number of anilines is 1. The van der Waals surface area contributed by atoms with Gasteiger partial charge in [-0.2, -0.15) is 23.3 Å². The van der Waals surface area contributed by atoms with E-state index in [-0.39, 0.29) is 22.9 Å². The zero-order chi connectivity index (χ0) is 24.3. The van der Waals surface area contributed by atoms with E-state index in [2.05, 4.69) is 35.3 Å². The first-order valence-electron chi connectivity index (χ1n) is 10.3. The van der Waals surface area contributed by atoms with E-state index in [4.69, 9.17) is 0 Å². The molecule has 0 spiro atoms. The Hall–Kier alpha value is -4.16. The molecule has 0 aromatic carbocycles. The van der Waals surface area contributed by atoms with Crippen LogP contribution in [0.2, 0.25) is 0 Å². The van der Waals surface area contributed by atoms with Crippen LogP contribution in [-0.2, 0) is 22.8 Å². The fourth-order valence-corrected chi connectivity index (χ4v) is 3.97. The number of hydrogen-bond acceptors (Lipinski definition) is 8. The van der Waals surface area contributed by atoms with Gasteiger partial charge >= 0.3 is 6.18 Å². The summed E-state index contributed by atoms with van der Waals surface area (Å²) in [5, 5.41) is 17.5. The molecule has 0 aliphatic carbocycles. The Kier molecular flexibility index (Phi) is 4.74. The Morgan fingerprint density at radius 2 is 1.97 bits per heavy atom. The average Bonchev–Trinajstić information content (AvgIpc) is 3.36. The summed E-state index contributed by atoms with van der Waals surface area (Å²) in [5.41, 5.74) is -0.963. The number of carbonyl (C=O) groups is 1. The van der Waals surface area contributed by atoms with Gasteiger partial charge in [-0.1, -0.05) is 13.3 Å². The summed E-state index contributed by atoms with van der Waals surface area (Å²) < 4.78 is 40.3. The molecule has 4 aromatic rings. The number of aromatic nitrogens is 7. The highest BCUT2D eigenvalue weighted by Crippen LogP contribution is 2.45. The van der Waals surface area contributed by atoms with Crippen LogP contribution in [0.5, 0.6) is 5.88 Å². The summed E-state index contributed by atoms with van der Waals surface area (Å²) >= 11 is 0. The van der Waals surface area contributed by atoms with Gasteiger partial charge in [0.25, 0.3) is 0 Å². The molecule has 1 atom stereocenters. The molecule has 1 aliphatic heterocycles. The topological polar surface area (TPSA) is 131 Å². The van der Waals surface area contributed by atoms with Gasteiger partial charge in [0.05, 0.1) is 28.7 Å². The summed E-state index contributed by atoms with van der Waals surface area (Å²) in [6.45, 7) is 3.43. The van der Waals surface area contributed by atoms with Crippen molar-refractivity contribution in [3.63, 3.8) is 0 Å². The maximum Gasteiger partial charge on any atom is 0.417 e. The average molecular weight is 470 g/mol. The molecule has 10 nitrogen and oxygen atoms in total. The van der Waals surface area contributed by atoms with Crippen LogP contribution in [0.4, 0.5) is 19.0 Å². The number of alkyl halides is 3. The second-order valence-corrected chi connectivity index (χ2v) is 7.95. The zero-order valence-corrected chi connectivity index (χ0v) is 17.9. The van der Waals surface area contributed by atoms with Crippen LogP contribution in [0.3, 0.4) is 0 Å². The minimum atomic E-state index is -4.57. The van der Waals surface area contributed by atoms with Gasteiger partial charge in [-0.15, -0.1) is 0 Å². The molecule has 1 amide bonds. The minimum absolute atomic E-state index is 0.00999. The number of carbonyl (C=O) groups excluding carboxylic acids is 1. The zero-order valence-electron chi connectivity index (χ0n) is 17.9. The van der Waals surface area contributed by atoms with E-state index in [0.717, 1.165) is 18.6 Å². The molecule has 0 radical (unpaired) electrons. The molecule has 0 saturated carbocycles. The Bertz CT molecular complexity index is 1430. The van der Waals surface area contributed by atoms with E-state index in [0.29, 0.717) is 29.7 Å². The highest BCUT2D eigenvalue weighted by Gasteiger charge is 2.49. The third-order valence-corrected chi connectivity index (χ3v) is 5.73. The second kappa shape index (κ2) is 7.43. The number of rotatable bonds is 4. The van der Waals surface area contributed by atoms with Gasteiger partial charge < -0.3 is 10.4 Å². The molecule has 5 rings (SSSR count). The summed E-state index contributed by atoms with van der Waals surface area (Å²) in [4.78, 5) is 34.0. The molecule has 0 fully saturated rings. The maximum atomic E-state index is 12.9. The van der Waals surface area contributed by atoms with Crippen LogP contribution >= 0.6 is 0 Å². The molecule has 0 saturated heterocycles. The van der Waals surface area contributed by atoms with E-state index in [1.54, 1.807) is 6.20 Å². The van der Waals surface area contributed by atoms with Crippen molar-refractivity contribution in [3.8, 4) is 17.4 Å².